The molecule has 2 rings (SSSR count). The SMILES string of the molecule is CCC(C)(C)c1ccc(C(=O)c2cccc(Cl)c2Cl)cc1. The van der Waals surface area contributed by atoms with E-state index in [1.165, 1.54) is 5.56 Å². The van der Waals surface area contributed by atoms with Crippen LogP contribution in [0.3, 0.4) is 0 Å². The average molecular weight is 321 g/mol. The minimum Gasteiger partial charge on any atom is -0.289 e. The van der Waals surface area contributed by atoms with Crippen LogP contribution in [0.4, 0.5) is 0 Å². The molecule has 0 aliphatic heterocycles. The molecule has 0 radical (unpaired) electrons. The van der Waals surface area contributed by atoms with E-state index in [4.69, 9.17) is 23.2 Å². The number of ketones is 1. The Labute approximate surface area is 135 Å². The Morgan fingerprint density at radius 3 is 2.24 bits per heavy atom. The van der Waals surface area contributed by atoms with Crippen LogP contribution in [-0.2, 0) is 5.41 Å². The van der Waals surface area contributed by atoms with Crippen LogP contribution in [0, 0.1) is 0 Å². The summed E-state index contributed by atoms with van der Waals surface area (Å²) in [5.74, 6) is -0.108. The van der Waals surface area contributed by atoms with Crippen molar-refractivity contribution >= 4 is 29.0 Å². The Balaban J connectivity index is 2.35. The predicted octanol–water partition coefficient (Wildman–Crippen LogP) is 5.91. The summed E-state index contributed by atoms with van der Waals surface area (Å²) >= 11 is 12.1. The Morgan fingerprint density at radius 1 is 1.05 bits per heavy atom. The van der Waals surface area contributed by atoms with Crippen LogP contribution in [0.5, 0.6) is 0 Å². The van der Waals surface area contributed by atoms with Crippen molar-refractivity contribution in [1.82, 2.24) is 0 Å². The summed E-state index contributed by atoms with van der Waals surface area (Å²) in [6.07, 6.45) is 1.04. The predicted molar refractivity (Wildman–Crippen MR) is 89.7 cm³/mol. The second kappa shape index (κ2) is 6.21. The van der Waals surface area contributed by atoms with Gasteiger partial charge >= 0.3 is 0 Å². The zero-order valence-electron chi connectivity index (χ0n) is 12.4. The fourth-order valence-corrected chi connectivity index (χ4v) is 2.50. The summed E-state index contributed by atoms with van der Waals surface area (Å²) in [6.45, 7) is 6.54. The van der Waals surface area contributed by atoms with Gasteiger partial charge in [0.1, 0.15) is 0 Å². The van der Waals surface area contributed by atoms with E-state index in [1.807, 2.05) is 24.3 Å². The molecule has 0 aliphatic rings. The van der Waals surface area contributed by atoms with Crippen molar-refractivity contribution in [2.24, 2.45) is 0 Å². The van der Waals surface area contributed by atoms with Crippen molar-refractivity contribution in [2.45, 2.75) is 32.6 Å². The molecule has 0 unspecified atom stereocenters. The second-order valence-electron chi connectivity index (χ2n) is 5.75. The molecule has 3 heteroatoms. The van der Waals surface area contributed by atoms with Gasteiger partial charge in [0.25, 0.3) is 0 Å². The lowest BCUT2D eigenvalue weighted by Crippen LogP contribution is -2.15. The summed E-state index contributed by atoms with van der Waals surface area (Å²) in [5, 5.41) is 0.702. The first-order valence-electron chi connectivity index (χ1n) is 6.96. The summed E-state index contributed by atoms with van der Waals surface area (Å²) in [5.41, 5.74) is 2.38. The number of carbonyl (C=O) groups excluding carboxylic acids is 1. The van der Waals surface area contributed by atoms with E-state index < -0.39 is 0 Å². The highest BCUT2D eigenvalue weighted by atomic mass is 35.5. The first-order chi connectivity index (χ1) is 9.86. The van der Waals surface area contributed by atoms with Crippen molar-refractivity contribution in [1.29, 1.82) is 0 Å². The van der Waals surface area contributed by atoms with E-state index in [9.17, 15) is 4.79 Å². The zero-order valence-corrected chi connectivity index (χ0v) is 13.9. The Hall–Kier alpha value is -1.31. The summed E-state index contributed by atoms with van der Waals surface area (Å²) in [6, 6.07) is 12.8. The van der Waals surface area contributed by atoms with Crippen molar-refractivity contribution in [2.75, 3.05) is 0 Å². The molecule has 0 bridgehead atoms. The van der Waals surface area contributed by atoms with Gasteiger partial charge in [-0.25, -0.2) is 0 Å². The average Bonchev–Trinajstić information content (AvgIpc) is 2.49. The molecule has 1 nitrogen and oxygen atoms in total. The van der Waals surface area contributed by atoms with Gasteiger partial charge in [0.2, 0.25) is 0 Å². The fourth-order valence-electron chi connectivity index (χ4n) is 2.11. The second-order valence-corrected chi connectivity index (χ2v) is 6.53. The minimum atomic E-state index is -0.108. The molecule has 0 aliphatic carbocycles. The largest absolute Gasteiger partial charge is 0.289 e. The third kappa shape index (κ3) is 3.30. The van der Waals surface area contributed by atoms with Crippen molar-refractivity contribution < 1.29 is 4.79 Å². The van der Waals surface area contributed by atoms with Crippen LogP contribution in [0.25, 0.3) is 0 Å². The Kier molecular flexibility index (Phi) is 4.75. The van der Waals surface area contributed by atoms with Gasteiger partial charge in [-0.1, -0.05) is 74.3 Å². The van der Waals surface area contributed by atoms with E-state index in [0.29, 0.717) is 21.2 Å². The Bertz CT molecular complexity index is 657. The lowest BCUT2D eigenvalue weighted by molar-refractivity contribution is 0.103. The van der Waals surface area contributed by atoms with Crippen molar-refractivity contribution in [3.05, 3.63) is 69.2 Å². The van der Waals surface area contributed by atoms with Crippen molar-refractivity contribution in [3.63, 3.8) is 0 Å². The molecule has 110 valence electrons. The molecule has 0 fully saturated rings. The van der Waals surface area contributed by atoms with Gasteiger partial charge in [0.15, 0.2) is 5.78 Å². The van der Waals surface area contributed by atoms with Gasteiger partial charge in [-0.15, -0.1) is 0 Å². The number of rotatable bonds is 4. The third-order valence-electron chi connectivity index (χ3n) is 4.01. The van der Waals surface area contributed by atoms with Gasteiger partial charge in [-0.05, 0) is 29.5 Å². The monoisotopic (exact) mass is 320 g/mol. The number of hydrogen-bond acceptors (Lipinski definition) is 1. The van der Waals surface area contributed by atoms with Gasteiger partial charge in [0.05, 0.1) is 10.0 Å². The number of hydrogen-bond donors (Lipinski definition) is 0. The van der Waals surface area contributed by atoms with Crippen molar-refractivity contribution in [3.8, 4) is 0 Å². The van der Waals surface area contributed by atoms with Crippen LogP contribution in [0.15, 0.2) is 42.5 Å². The number of benzene rings is 2. The van der Waals surface area contributed by atoms with E-state index in [0.717, 1.165) is 6.42 Å². The maximum atomic E-state index is 12.5. The molecule has 21 heavy (non-hydrogen) atoms. The van der Waals surface area contributed by atoms with Crippen LogP contribution in [0.2, 0.25) is 10.0 Å². The summed E-state index contributed by atoms with van der Waals surface area (Å²) in [4.78, 5) is 12.5. The molecule has 0 aromatic heterocycles. The molecule has 0 atom stereocenters. The van der Waals surface area contributed by atoms with Crippen LogP contribution >= 0.6 is 23.2 Å². The molecule has 0 spiro atoms. The smallest absolute Gasteiger partial charge is 0.194 e. The maximum absolute atomic E-state index is 12.5. The normalized spacial score (nSPS) is 11.5. The third-order valence-corrected chi connectivity index (χ3v) is 4.83. The highest BCUT2D eigenvalue weighted by Crippen LogP contribution is 2.29. The van der Waals surface area contributed by atoms with Crippen LogP contribution < -0.4 is 0 Å². The van der Waals surface area contributed by atoms with Gasteiger partial charge < -0.3 is 0 Å². The molecular formula is C18H18Cl2O. The maximum Gasteiger partial charge on any atom is 0.194 e. The Morgan fingerprint density at radius 2 is 1.67 bits per heavy atom. The highest BCUT2D eigenvalue weighted by molar-refractivity contribution is 6.44. The lowest BCUT2D eigenvalue weighted by Gasteiger charge is -2.23. The van der Waals surface area contributed by atoms with Gasteiger partial charge in [-0.2, -0.15) is 0 Å². The zero-order chi connectivity index (χ0) is 15.6. The molecule has 0 heterocycles. The first kappa shape index (κ1) is 16.1. The molecule has 0 saturated heterocycles. The number of carbonyl (C=O) groups is 1. The van der Waals surface area contributed by atoms with Crippen LogP contribution in [-0.4, -0.2) is 5.78 Å². The molecule has 0 saturated carbocycles. The summed E-state index contributed by atoms with van der Waals surface area (Å²) < 4.78 is 0. The molecule has 2 aromatic rings. The standard InChI is InChI=1S/C18H18Cl2O/c1-4-18(2,3)13-10-8-12(9-11-13)17(21)14-6-5-7-15(19)16(14)20/h5-11H,4H2,1-3H3. The van der Waals surface area contributed by atoms with E-state index in [-0.39, 0.29) is 11.2 Å². The quantitative estimate of drug-likeness (QED) is 0.640. The molecule has 0 amide bonds. The minimum absolute atomic E-state index is 0.106. The summed E-state index contributed by atoms with van der Waals surface area (Å²) in [7, 11) is 0. The van der Waals surface area contributed by atoms with Crippen LogP contribution in [0.1, 0.15) is 48.7 Å². The van der Waals surface area contributed by atoms with E-state index >= 15 is 0 Å². The number of halogens is 2. The molecule has 2 aromatic carbocycles. The fraction of sp³-hybridized carbons (Fsp3) is 0.278. The lowest BCUT2D eigenvalue weighted by atomic mass is 9.82. The topological polar surface area (TPSA) is 17.1 Å². The van der Waals surface area contributed by atoms with Gasteiger partial charge in [-0.3, -0.25) is 4.79 Å². The molecular weight excluding hydrogens is 303 g/mol. The first-order valence-corrected chi connectivity index (χ1v) is 7.71. The van der Waals surface area contributed by atoms with E-state index in [2.05, 4.69) is 20.8 Å². The highest BCUT2D eigenvalue weighted by Gasteiger charge is 2.19. The molecule has 0 N–H and O–H groups in total. The van der Waals surface area contributed by atoms with E-state index in [1.54, 1.807) is 18.2 Å². The van der Waals surface area contributed by atoms with Gasteiger partial charge in [0, 0.05) is 11.1 Å².